The molecular formula is C20H25N5O2. The van der Waals surface area contributed by atoms with Gasteiger partial charge in [0.1, 0.15) is 5.82 Å². The van der Waals surface area contributed by atoms with Crippen LogP contribution >= 0.6 is 0 Å². The lowest BCUT2D eigenvalue weighted by molar-refractivity contribution is 0.171. The van der Waals surface area contributed by atoms with E-state index in [0.29, 0.717) is 23.7 Å². The lowest BCUT2D eigenvalue weighted by Gasteiger charge is -2.18. The van der Waals surface area contributed by atoms with Gasteiger partial charge in [0, 0.05) is 20.0 Å². The summed E-state index contributed by atoms with van der Waals surface area (Å²) in [5, 5.41) is 13.3. The van der Waals surface area contributed by atoms with E-state index in [2.05, 4.69) is 15.3 Å². The van der Waals surface area contributed by atoms with Gasteiger partial charge in [-0.3, -0.25) is 9.36 Å². The van der Waals surface area contributed by atoms with Crippen molar-refractivity contribution in [1.29, 1.82) is 0 Å². The van der Waals surface area contributed by atoms with Gasteiger partial charge in [-0.15, -0.1) is 0 Å². The lowest BCUT2D eigenvalue weighted by Crippen LogP contribution is -2.32. The lowest BCUT2D eigenvalue weighted by atomic mass is 10.2. The first-order valence-corrected chi connectivity index (χ1v) is 9.53. The number of aromatic nitrogens is 4. The molecule has 0 spiro atoms. The molecule has 142 valence electrons. The minimum absolute atomic E-state index is 0.0717. The Balaban J connectivity index is 1.78. The second-order valence-electron chi connectivity index (χ2n) is 7.17. The smallest absolute Gasteiger partial charge is 0.280 e. The molecule has 0 radical (unpaired) electrons. The molecule has 1 saturated carbocycles. The van der Waals surface area contributed by atoms with Gasteiger partial charge in [0.2, 0.25) is 5.95 Å². The van der Waals surface area contributed by atoms with Crippen LogP contribution in [-0.4, -0.2) is 36.4 Å². The maximum Gasteiger partial charge on any atom is 0.280 e. The van der Waals surface area contributed by atoms with E-state index >= 15 is 0 Å². The van der Waals surface area contributed by atoms with Gasteiger partial charge in [-0.2, -0.15) is 4.98 Å². The van der Waals surface area contributed by atoms with Crippen LogP contribution in [0.3, 0.4) is 0 Å². The summed E-state index contributed by atoms with van der Waals surface area (Å²) >= 11 is 0. The molecule has 2 atom stereocenters. The van der Waals surface area contributed by atoms with E-state index in [-0.39, 0.29) is 11.6 Å². The number of fused-ring (bicyclic) bond motifs is 1. The van der Waals surface area contributed by atoms with E-state index < -0.39 is 6.10 Å². The molecule has 2 aromatic heterocycles. The summed E-state index contributed by atoms with van der Waals surface area (Å²) in [5.74, 6) is 1.31. The molecule has 4 rings (SSSR count). The topological polar surface area (TPSA) is 85.0 Å². The quantitative estimate of drug-likeness (QED) is 0.721. The number of aliphatic hydroxyl groups is 1. The standard InChI is InChI=1S/C20H25N5O2/c1-3-16-22-18-17(25(16)12-13-8-5-4-6-9-13)19(27)24(2)20(23-18)21-14-10-7-11-15(14)26/h4-6,8-9,14-15,26H,3,7,10-12H2,1-2H3,(H,21,23). The number of nitrogens with one attached hydrogen (secondary N) is 1. The van der Waals surface area contributed by atoms with E-state index in [4.69, 9.17) is 0 Å². The fourth-order valence-electron chi connectivity index (χ4n) is 3.81. The molecule has 0 aliphatic heterocycles. The molecule has 1 aliphatic carbocycles. The number of aryl methyl sites for hydroxylation is 1. The Morgan fingerprint density at radius 2 is 2.00 bits per heavy atom. The second kappa shape index (κ2) is 7.15. The molecule has 1 aromatic carbocycles. The van der Waals surface area contributed by atoms with Crippen molar-refractivity contribution >= 4 is 17.1 Å². The molecule has 2 unspecified atom stereocenters. The molecule has 2 heterocycles. The van der Waals surface area contributed by atoms with Crippen molar-refractivity contribution in [1.82, 2.24) is 19.1 Å². The number of imidazole rings is 1. The molecule has 0 bridgehead atoms. The number of benzene rings is 1. The number of aliphatic hydroxyl groups excluding tert-OH is 1. The third-order valence-electron chi connectivity index (χ3n) is 5.36. The van der Waals surface area contributed by atoms with E-state index in [9.17, 15) is 9.90 Å². The minimum atomic E-state index is -0.403. The Labute approximate surface area is 157 Å². The largest absolute Gasteiger partial charge is 0.391 e. The molecule has 1 fully saturated rings. The summed E-state index contributed by atoms with van der Waals surface area (Å²) in [7, 11) is 1.71. The van der Waals surface area contributed by atoms with Gasteiger partial charge in [0.15, 0.2) is 11.2 Å². The molecule has 3 aromatic rings. The van der Waals surface area contributed by atoms with E-state index in [1.807, 2.05) is 41.8 Å². The first kappa shape index (κ1) is 17.7. The average molecular weight is 367 g/mol. The van der Waals surface area contributed by atoms with Gasteiger partial charge < -0.3 is 15.0 Å². The van der Waals surface area contributed by atoms with Crippen LogP contribution < -0.4 is 10.9 Å². The molecule has 7 heteroatoms. The van der Waals surface area contributed by atoms with Crippen molar-refractivity contribution < 1.29 is 5.11 Å². The van der Waals surface area contributed by atoms with Crippen molar-refractivity contribution in [2.24, 2.45) is 7.05 Å². The van der Waals surface area contributed by atoms with Crippen molar-refractivity contribution in [2.75, 3.05) is 5.32 Å². The molecule has 0 amide bonds. The predicted molar refractivity (Wildman–Crippen MR) is 105 cm³/mol. The van der Waals surface area contributed by atoms with Gasteiger partial charge >= 0.3 is 0 Å². The third-order valence-corrected chi connectivity index (χ3v) is 5.36. The number of hydrogen-bond acceptors (Lipinski definition) is 5. The fraction of sp³-hybridized carbons (Fsp3) is 0.450. The maximum absolute atomic E-state index is 13.1. The Kier molecular flexibility index (Phi) is 4.70. The zero-order chi connectivity index (χ0) is 19.0. The second-order valence-corrected chi connectivity index (χ2v) is 7.17. The van der Waals surface area contributed by atoms with Crippen molar-refractivity contribution in [3.8, 4) is 0 Å². The molecule has 27 heavy (non-hydrogen) atoms. The molecule has 0 saturated heterocycles. The number of hydrogen-bond donors (Lipinski definition) is 2. The average Bonchev–Trinajstić information content (AvgIpc) is 3.23. The zero-order valence-electron chi connectivity index (χ0n) is 15.7. The SMILES string of the molecule is CCc1nc2nc(NC3CCCC3O)n(C)c(=O)c2n1Cc1ccccc1. The highest BCUT2D eigenvalue weighted by Crippen LogP contribution is 2.23. The first-order valence-electron chi connectivity index (χ1n) is 9.53. The number of rotatable bonds is 5. The molecule has 1 aliphatic rings. The minimum Gasteiger partial charge on any atom is -0.391 e. The highest BCUT2D eigenvalue weighted by Gasteiger charge is 2.27. The highest BCUT2D eigenvalue weighted by molar-refractivity contribution is 5.72. The Morgan fingerprint density at radius 1 is 1.22 bits per heavy atom. The summed E-state index contributed by atoms with van der Waals surface area (Å²) in [4.78, 5) is 22.3. The van der Waals surface area contributed by atoms with E-state index in [1.165, 1.54) is 4.57 Å². The Morgan fingerprint density at radius 3 is 2.67 bits per heavy atom. The summed E-state index contributed by atoms with van der Waals surface area (Å²) in [6.45, 7) is 2.62. The van der Waals surface area contributed by atoms with Crippen LogP contribution in [-0.2, 0) is 20.0 Å². The van der Waals surface area contributed by atoms with Crippen LogP contribution in [0.2, 0.25) is 0 Å². The summed E-state index contributed by atoms with van der Waals surface area (Å²) in [5.41, 5.74) is 1.97. The maximum atomic E-state index is 13.1. The molecule has 2 N–H and O–H groups in total. The van der Waals surface area contributed by atoms with Crippen molar-refractivity contribution in [2.45, 2.75) is 51.3 Å². The van der Waals surface area contributed by atoms with Crippen LogP contribution in [0.5, 0.6) is 0 Å². The van der Waals surface area contributed by atoms with E-state index in [0.717, 1.165) is 37.1 Å². The van der Waals surface area contributed by atoms with Crippen LogP contribution in [0.4, 0.5) is 5.95 Å². The summed E-state index contributed by atoms with van der Waals surface area (Å²) in [6, 6.07) is 9.97. The summed E-state index contributed by atoms with van der Waals surface area (Å²) in [6.07, 6.45) is 2.94. The normalized spacial score (nSPS) is 19.7. The summed E-state index contributed by atoms with van der Waals surface area (Å²) < 4.78 is 3.49. The van der Waals surface area contributed by atoms with Gasteiger partial charge in [0.05, 0.1) is 12.1 Å². The van der Waals surface area contributed by atoms with Gasteiger partial charge in [-0.1, -0.05) is 37.3 Å². The fourth-order valence-corrected chi connectivity index (χ4v) is 3.81. The zero-order valence-corrected chi connectivity index (χ0v) is 15.7. The van der Waals surface area contributed by atoms with Crippen LogP contribution in [0, 0.1) is 0 Å². The van der Waals surface area contributed by atoms with Crippen molar-refractivity contribution in [3.05, 3.63) is 52.1 Å². The third kappa shape index (κ3) is 3.23. The first-order chi connectivity index (χ1) is 13.1. The molecule has 7 nitrogen and oxygen atoms in total. The number of nitrogens with zero attached hydrogens (tertiary/aromatic N) is 4. The van der Waals surface area contributed by atoms with Crippen LogP contribution in [0.1, 0.15) is 37.6 Å². The monoisotopic (exact) mass is 367 g/mol. The Bertz CT molecular complexity index is 1010. The van der Waals surface area contributed by atoms with Crippen LogP contribution in [0.15, 0.2) is 35.1 Å². The van der Waals surface area contributed by atoms with Gasteiger partial charge in [-0.05, 0) is 24.8 Å². The predicted octanol–water partition coefficient (Wildman–Crippen LogP) is 2.07. The Hall–Kier alpha value is -2.67. The van der Waals surface area contributed by atoms with Crippen molar-refractivity contribution in [3.63, 3.8) is 0 Å². The molecular weight excluding hydrogens is 342 g/mol. The van der Waals surface area contributed by atoms with Gasteiger partial charge in [-0.25, -0.2) is 4.98 Å². The number of anilines is 1. The van der Waals surface area contributed by atoms with E-state index in [1.54, 1.807) is 7.05 Å². The van der Waals surface area contributed by atoms with Gasteiger partial charge in [0.25, 0.3) is 5.56 Å². The van der Waals surface area contributed by atoms with Crippen LogP contribution in [0.25, 0.3) is 11.2 Å². The highest BCUT2D eigenvalue weighted by atomic mass is 16.3.